The number of hydrogen-bond donors (Lipinski definition) is 0. The number of halogens is 1. The SMILES string of the molecule is COc1ccc(CC(C)N(C)Cc2c(Cl)ccc3cccnc23)cc1. The molecule has 0 N–H and O–H groups in total. The van der Waals surface area contributed by atoms with Gasteiger partial charge in [-0.3, -0.25) is 9.88 Å². The first kappa shape index (κ1) is 17.7. The van der Waals surface area contributed by atoms with Crippen molar-refractivity contribution in [3.8, 4) is 5.75 Å². The summed E-state index contributed by atoms with van der Waals surface area (Å²) in [7, 11) is 3.82. The number of benzene rings is 2. The number of aromatic nitrogens is 1. The highest BCUT2D eigenvalue weighted by atomic mass is 35.5. The van der Waals surface area contributed by atoms with Crippen LogP contribution in [0.15, 0.2) is 54.7 Å². The van der Waals surface area contributed by atoms with Gasteiger partial charge in [0.05, 0.1) is 12.6 Å². The van der Waals surface area contributed by atoms with Crippen LogP contribution in [0.4, 0.5) is 0 Å². The maximum atomic E-state index is 6.47. The van der Waals surface area contributed by atoms with Crippen molar-refractivity contribution in [2.45, 2.75) is 25.9 Å². The highest BCUT2D eigenvalue weighted by Crippen LogP contribution is 2.26. The molecule has 4 heteroatoms. The standard InChI is InChI=1S/C21H23ClN2O/c1-15(13-16-6-9-18(25-3)10-7-16)24(2)14-19-20(22)11-8-17-5-4-12-23-21(17)19/h4-12,15H,13-14H2,1-3H3. The van der Waals surface area contributed by atoms with Gasteiger partial charge in [-0.1, -0.05) is 35.9 Å². The molecule has 1 aromatic heterocycles. The quantitative estimate of drug-likeness (QED) is 0.625. The lowest BCUT2D eigenvalue weighted by Crippen LogP contribution is -2.30. The first-order valence-corrected chi connectivity index (χ1v) is 8.81. The van der Waals surface area contributed by atoms with E-state index in [2.05, 4.69) is 42.1 Å². The number of pyridine rings is 1. The van der Waals surface area contributed by atoms with Gasteiger partial charge in [0.1, 0.15) is 5.75 Å². The Morgan fingerprint density at radius 1 is 1.12 bits per heavy atom. The van der Waals surface area contributed by atoms with E-state index in [-0.39, 0.29) is 0 Å². The first-order chi connectivity index (χ1) is 12.1. The van der Waals surface area contributed by atoms with Crippen molar-refractivity contribution in [2.75, 3.05) is 14.2 Å². The van der Waals surface area contributed by atoms with Crippen LogP contribution in [-0.2, 0) is 13.0 Å². The summed E-state index contributed by atoms with van der Waals surface area (Å²) in [5.74, 6) is 0.887. The summed E-state index contributed by atoms with van der Waals surface area (Å²) in [4.78, 5) is 6.85. The van der Waals surface area contributed by atoms with Crippen molar-refractivity contribution < 1.29 is 4.74 Å². The molecule has 130 valence electrons. The van der Waals surface area contributed by atoms with Gasteiger partial charge < -0.3 is 4.74 Å². The van der Waals surface area contributed by atoms with E-state index in [0.29, 0.717) is 6.04 Å². The van der Waals surface area contributed by atoms with Gasteiger partial charge in [0.2, 0.25) is 0 Å². The van der Waals surface area contributed by atoms with E-state index in [1.54, 1.807) is 7.11 Å². The Hall–Kier alpha value is -2.10. The molecule has 0 aliphatic rings. The topological polar surface area (TPSA) is 25.4 Å². The van der Waals surface area contributed by atoms with E-state index in [1.807, 2.05) is 36.5 Å². The molecule has 25 heavy (non-hydrogen) atoms. The number of nitrogens with zero attached hydrogens (tertiary/aromatic N) is 2. The highest BCUT2D eigenvalue weighted by molar-refractivity contribution is 6.32. The molecule has 0 spiro atoms. The fourth-order valence-electron chi connectivity index (χ4n) is 3.00. The van der Waals surface area contributed by atoms with Gasteiger partial charge in [-0.05, 0) is 50.2 Å². The Bertz CT molecular complexity index is 848. The maximum Gasteiger partial charge on any atom is 0.118 e. The summed E-state index contributed by atoms with van der Waals surface area (Å²) in [6.07, 6.45) is 2.79. The zero-order chi connectivity index (χ0) is 17.8. The van der Waals surface area contributed by atoms with Crippen molar-refractivity contribution in [1.29, 1.82) is 0 Å². The largest absolute Gasteiger partial charge is 0.497 e. The highest BCUT2D eigenvalue weighted by Gasteiger charge is 2.15. The van der Waals surface area contributed by atoms with E-state index in [9.17, 15) is 0 Å². The summed E-state index contributed by atoms with van der Waals surface area (Å²) in [5, 5.41) is 1.90. The third-order valence-corrected chi connectivity index (χ3v) is 5.03. The van der Waals surface area contributed by atoms with Crippen molar-refractivity contribution in [3.63, 3.8) is 0 Å². The summed E-state index contributed by atoms with van der Waals surface area (Å²) in [6, 6.07) is 16.6. The fourth-order valence-corrected chi connectivity index (χ4v) is 3.21. The van der Waals surface area contributed by atoms with Crippen molar-refractivity contribution in [3.05, 3.63) is 70.9 Å². The molecule has 0 saturated heterocycles. The number of fused-ring (bicyclic) bond motifs is 1. The lowest BCUT2D eigenvalue weighted by molar-refractivity contribution is 0.249. The summed E-state index contributed by atoms with van der Waals surface area (Å²) in [5.41, 5.74) is 3.37. The van der Waals surface area contributed by atoms with Gasteiger partial charge in [-0.2, -0.15) is 0 Å². The lowest BCUT2D eigenvalue weighted by Gasteiger charge is -2.26. The van der Waals surface area contributed by atoms with Gasteiger partial charge in [-0.15, -0.1) is 0 Å². The number of hydrogen-bond acceptors (Lipinski definition) is 3. The van der Waals surface area contributed by atoms with Gasteiger partial charge in [0.25, 0.3) is 0 Å². The van der Waals surface area contributed by atoms with Crippen LogP contribution in [0.2, 0.25) is 5.02 Å². The summed E-state index contributed by atoms with van der Waals surface area (Å²) < 4.78 is 5.22. The number of rotatable bonds is 6. The maximum absolute atomic E-state index is 6.47. The Balaban J connectivity index is 1.75. The molecule has 0 amide bonds. The molecule has 0 saturated carbocycles. The minimum absolute atomic E-state index is 0.378. The normalized spacial score (nSPS) is 12.5. The van der Waals surface area contributed by atoms with Crippen LogP contribution in [0.3, 0.4) is 0 Å². The summed E-state index contributed by atoms with van der Waals surface area (Å²) in [6.45, 7) is 3.00. The molecule has 3 rings (SSSR count). The predicted molar refractivity (Wildman–Crippen MR) is 104 cm³/mol. The molecule has 0 aliphatic carbocycles. The van der Waals surface area contributed by atoms with E-state index >= 15 is 0 Å². The number of methoxy groups -OCH3 is 1. The van der Waals surface area contributed by atoms with Crippen LogP contribution in [0.1, 0.15) is 18.1 Å². The molecular formula is C21H23ClN2O. The third kappa shape index (κ3) is 4.12. The van der Waals surface area contributed by atoms with Crippen molar-refractivity contribution in [1.82, 2.24) is 9.88 Å². The summed E-state index contributed by atoms with van der Waals surface area (Å²) >= 11 is 6.47. The first-order valence-electron chi connectivity index (χ1n) is 8.43. The van der Waals surface area contributed by atoms with Gasteiger partial charge in [0.15, 0.2) is 0 Å². The molecular weight excluding hydrogens is 332 g/mol. The molecule has 1 heterocycles. The van der Waals surface area contributed by atoms with Gasteiger partial charge in [-0.25, -0.2) is 0 Å². The van der Waals surface area contributed by atoms with Crippen LogP contribution >= 0.6 is 11.6 Å². The van der Waals surface area contributed by atoms with Gasteiger partial charge in [0, 0.05) is 34.8 Å². The van der Waals surface area contributed by atoms with Crippen molar-refractivity contribution in [2.24, 2.45) is 0 Å². The average Bonchev–Trinajstić information content (AvgIpc) is 2.64. The lowest BCUT2D eigenvalue weighted by atomic mass is 10.0. The Morgan fingerprint density at radius 3 is 2.60 bits per heavy atom. The zero-order valence-corrected chi connectivity index (χ0v) is 15.6. The number of likely N-dealkylation sites (N-methyl/N-ethyl adjacent to an activating group) is 1. The molecule has 0 bridgehead atoms. The second kappa shape index (κ2) is 7.85. The van der Waals surface area contributed by atoms with Crippen LogP contribution in [-0.4, -0.2) is 30.1 Å². The average molecular weight is 355 g/mol. The minimum atomic E-state index is 0.378. The van der Waals surface area contributed by atoms with E-state index in [0.717, 1.165) is 40.2 Å². The Kier molecular flexibility index (Phi) is 5.57. The molecule has 0 radical (unpaired) electrons. The van der Waals surface area contributed by atoms with Crippen LogP contribution < -0.4 is 4.74 Å². The van der Waals surface area contributed by atoms with E-state index in [4.69, 9.17) is 16.3 Å². The smallest absolute Gasteiger partial charge is 0.118 e. The van der Waals surface area contributed by atoms with Crippen LogP contribution in [0.5, 0.6) is 5.75 Å². The molecule has 0 aliphatic heterocycles. The second-order valence-electron chi connectivity index (χ2n) is 6.42. The van der Waals surface area contributed by atoms with Gasteiger partial charge >= 0.3 is 0 Å². The van der Waals surface area contributed by atoms with E-state index < -0.39 is 0 Å². The molecule has 2 aromatic carbocycles. The molecule has 3 aromatic rings. The van der Waals surface area contributed by atoms with Crippen LogP contribution in [0, 0.1) is 0 Å². The zero-order valence-electron chi connectivity index (χ0n) is 14.9. The van der Waals surface area contributed by atoms with Crippen LogP contribution in [0.25, 0.3) is 10.9 Å². The Labute approximate surface area is 154 Å². The molecule has 1 atom stereocenters. The Morgan fingerprint density at radius 2 is 1.88 bits per heavy atom. The fraction of sp³-hybridized carbons (Fsp3) is 0.286. The monoisotopic (exact) mass is 354 g/mol. The molecule has 1 unspecified atom stereocenters. The molecule has 0 fully saturated rings. The minimum Gasteiger partial charge on any atom is -0.497 e. The second-order valence-corrected chi connectivity index (χ2v) is 6.82. The van der Waals surface area contributed by atoms with Crippen molar-refractivity contribution >= 4 is 22.5 Å². The predicted octanol–water partition coefficient (Wildman–Crippen LogP) is 4.96. The van der Waals surface area contributed by atoms with E-state index in [1.165, 1.54) is 5.56 Å². The molecule has 3 nitrogen and oxygen atoms in total. The number of ether oxygens (including phenoxy) is 1. The third-order valence-electron chi connectivity index (χ3n) is 4.67.